The highest BCUT2D eigenvalue weighted by Crippen LogP contribution is 2.25. The van der Waals surface area contributed by atoms with Crippen LogP contribution in [0.4, 0.5) is 5.69 Å². The van der Waals surface area contributed by atoms with Gasteiger partial charge in [-0.25, -0.2) is 9.97 Å². The Kier molecular flexibility index (Phi) is 4.89. The Morgan fingerprint density at radius 3 is 2.92 bits per heavy atom. The van der Waals surface area contributed by atoms with E-state index in [2.05, 4.69) is 25.3 Å². The monoisotopic (exact) mass is 357 g/mol. The molecule has 130 valence electrons. The molecule has 0 fully saturated rings. The van der Waals surface area contributed by atoms with E-state index in [9.17, 15) is 9.59 Å². The van der Waals surface area contributed by atoms with E-state index in [1.807, 2.05) is 39.0 Å². The normalized spacial score (nSPS) is 12.3. The van der Waals surface area contributed by atoms with E-state index in [1.165, 1.54) is 18.1 Å². The van der Waals surface area contributed by atoms with Gasteiger partial charge in [0, 0.05) is 5.69 Å². The first-order chi connectivity index (χ1) is 12.0. The molecule has 0 radical (unpaired) electrons. The topological polar surface area (TPSA) is 104 Å². The molecule has 0 spiro atoms. The predicted molar refractivity (Wildman–Crippen MR) is 99.0 cm³/mol. The molecule has 1 aromatic carbocycles. The number of aryl methyl sites for hydroxylation is 1. The van der Waals surface area contributed by atoms with Gasteiger partial charge in [0.15, 0.2) is 16.3 Å². The number of aromatic nitrogens is 4. The molecule has 1 unspecified atom stereocenters. The van der Waals surface area contributed by atoms with Crippen molar-refractivity contribution in [3.05, 3.63) is 46.0 Å². The lowest BCUT2D eigenvalue weighted by Gasteiger charge is -2.16. The number of carbonyl (C=O) groups excluding carboxylic acids is 1. The number of thioether (sulfide) groups is 1. The van der Waals surface area contributed by atoms with Crippen molar-refractivity contribution in [2.45, 2.75) is 37.6 Å². The highest BCUT2D eigenvalue weighted by Gasteiger charge is 2.21. The highest BCUT2D eigenvalue weighted by molar-refractivity contribution is 8.00. The van der Waals surface area contributed by atoms with Gasteiger partial charge in [-0.2, -0.15) is 0 Å². The fraction of sp³-hybridized carbons (Fsp3) is 0.294. The zero-order chi connectivity index (χ0) is 18.0. The second-order valence-corrected chi connectivity index (χ2v) is 6.92. The highest BCUT2D eigenvalue weighted by atomic mass is 32.2. The first-order valence-corrected chi connectivity index (χ1v) is 8.84. The number of nitrogens with zero attached hydrogens (tertiary/aromatic N) is 2. The van der Waals surface area contributed by atoms with Crippen LogP contribution in [0.2, 0.25) is 0 Å². The van der Waals surface area contributed by atoms with Gasteiger partial charge in [-0.15, -0.1) is 0 Å². The van der Waals surface area contributed by atoms with Crippen molar-refractivity contribution in [1.29, 1.82) is 0 Å². The van der Waals surface area contributed by atoms with Crippen LogP contribution in [0.1, 0.15) is 24.5 Å². The van der Waals surface area contributed by atoms with Gasteiger partial charge < -0.3 is 10.3 Å². The summed E-state index contributed by atoms with van der Waals surface area (Å²) in [4.78, 5) is 38.4. The summed E-state index contributed by atoms with van der Waals surface area (Å²) in [7, 11) is 0. The molecule has 8 heteroatoms. The zero-order valence-electron chi connectivity index (χ0n) is 14.2. The van der Waals surface area contributed by atoms with Crippen molar-refractivity contribution in [2.75, 3.05) is 5.32 Å². The molecule has 3 rings (SSSR count). The van der Waals surface area contributed by atoms with Crippen molar-refractivity contribution >= 4 is 34.5 Å². The van der Waals surface area contributed by atoms with E-state index >= 15 is 0 Å². The van der Waals surface area contributed by atoms with Gasteiger partial charge in [0.2, 0.25) is 5.91 Å². The first kappa shape index (κ1) is 17.2. The molecule has 0 aliphatic heterocycles. The number of H-pyrrole nitrogens is 2. The van der Waals surface area contributed by atoms with Crippen molar-refractivity contribution < 1.29 is 4.79 Å². The Morgan fingerprint density at radius 1 is 1.36 bits per heavy atom. The fourth-order valence-electron chi connectivity index (χ4n) is 2.44. The number of hydrogen-bond donors (Lipinski definition) is 3. The molecule has 7 nitrogen and oxygen atoms in total. The van der Waals surface area contributed by atoms with Crippen LogP contribution in [-0.2, 0) is 4.79 Å². The van der Waals surface area contributed by atoms with E-state index in [4.69, 9.17) is 0 Å². The van der Waals surface area contributed by atoms with Gasteiger partial charge in [-0.1, -0.05) is 30.8 Å². The number of hydrogen-bond acceptors (Lipinski definition) is 5. The number of rotatable bonds is 5. The second-order valence-electron chi connectivity index (χ2n) is 5.72. The number of amides is 1. The summed E-state index contributed by atoms with van der Waals surface area (Å²) in [5.74, 6) is -0.119. The van der Waals surface area contributed by atoms with E-state index in [0.717, 1.165) is 16.8 Å². The molecule has 0 aliphatic carbocycles. The molecule has 1 amide bonds. The van der Waals surface area contributed by atoms with Crippen molar-refractivity contribution in [1.82, 2.24) is 19.9 Å². The molecule has 0 saturated carbocycles. The van der Waals surface area contributed by atoms with Gasteiger partial charge in [-0.3, -0.25) is 14.6 Å². The largest absolute Gasteiger partial charge is 0.339 e. The summed E-state index contributed by atoms with van der Waals surface area (Å²) in [5, 5.41) is 2.97. The quantitative estimate of drug-likeness (QED) is 0.481. The number of anilines is 1. The number of benzene rings is 1. The van der Waals surface area contributed by atoms with Crippen LogP contribution >= 0.6 is 11.8 Å². The lowest BCUT2D eigenvalue weighted by Crippen LogP contribution is -2.25. The maximum absolute atomic E-state index is 12.6. The van der Waals surface area contributed by atoms with Crippen molar-refractivity contribution in [3.8, 4) is 0 Å². The Balaban J connectivity index is 1.80. The SMILES string of the molecule is CCC(Sc1nc2nc[nH]c2c(=O)[nH]1)C(=O)Nc1cccc(C)c1C. The summed E-state index contributed by atoms with van der Waals surface area (Å²) >= 11 is 1.23. The third-order valence-electron chi connectivity index (χ3n) is 4.05. The third-order valence-corrected chi connectivity index (χ3v) is 5.30. The Bertz CT molecular complexity index is 979. The molecular formula is C17H19N5O2S. The minimum absolute atomic E-state index is 0.119. The van der Waals surface area contributed by atoms with Crippen molar-refractivity contribution in [2.24, 2.45) is 0 Å². The van der Waals surface area contributed by atoms with Crippen LogP contribution in [-0.4, -0.2) is 31.1 Å². The maximum Gasteiger partial charge on any atom is 0.277 e. The molecule has 3 N–H and O–H groups in total. The van der Waals surface area contributed by atoms with E-state index in [1.54, 1.807) is 0 Å². The lowest BCUT2D eigenvalue weighted by molar-refractivity contribution is -0.115. The average Bonchev–Trinajstić information content (AvgIpc) is 3.06. The molecule has 0 aliphatic rings. The van der Waals surface area contributed by atoms with Crippen LogP contribution in [0.3, 0.4) is 0 Å². The number of aromatic amines is 2. The van der Waals surface area contributed by atoms with Crippen LogP contribution < -0.4 is 10.9 Å². The summed E-state index contributed by atoms with van der Waals surface area (Å²) in [5.41, 5.74) is 3.34. The van der Waals surface area contributed by atoms with Crippen molar-refractivity contribution in [3.63, 3.8) is 0 Å². The molecular weight excluding hydrogens is 338 g/mol. The standard InChI is InChI=1S/C17H19N5O2S/c1-4-12(15(23)20-11-7-5-6-9(2)10(11)3)25-17-21-14-13(16(24)22-17)18-8-19-14/h5-8,12H,4H2,1-3H3,(H,20,23)(H2,18,19,21,22,24). The smallest absolute Gasteiger partial charge is 0.277 e. The van der Waals surface area contributed by atoms with E-state index < -0.39 is 0 Å². The van der Waals surface area contributed by atoms with Crippen LogP contribution in [0, 0.1) is 13.8 Å². The second kappa shape index (κ2) is 7.10. The summed E-state index contributed by atoms with van der Waals surface area (Å²) in [6, 6.07) is 5.80. The number of fused-ring (bicyclic) bond motifs is 1. The number of nitrogens with one attached hydrogen (secondary N) is 3. The molecule has 3 aromatic rings. The Labute approximate surface area is 148 Å². The summed E-state index contributed by atoms with van der Waals surface area (Å²) < 4.78 is 0. The Morgan fingerprint density at radius 2 is 2.16 bits per heavy atom. The first-order valence-electron chi connectivity index (χ1n) is 7.96. The minimum Gasteiger partial charge on any atom is -0.339 e. The molecule has 2 heterocycles. The molecule has 0 saturated heterocycles. The van der Waals surface area contributed by atoms with E-state index in [-0.39, 0.29) is 16.7 Å². The van der Waals surface area contributed by atoms with Crippen LogP contribution in [0.15, 0.2) is 34.5 Å². The van der Waals surface area contributed by atoms with Gasteiger partial charge in [0.05, 0.1) is 11.6 Å². The van der Waals surface area contributed by atoms with Gasteiger partial charge in [-0.05, 0) is 37.5 Å². The predicted octanol–water partition coefficient (Wildman–Crippen LogP) is 2.77. The summed E-state index contributed by atoms with van der Waals surface area (Å²) in [6.45, 7) is 5.90. The molecule has 1 atom stereocenters. The minimum atomic E-state index is -0.376. The lowest BCUT2D eigenvalue weighted by atomic mass is 10.1. The number of carbonyl (C=O) groups is 1. The molecule has 0 bridgehead atoms. The zero-order valence-corrected chi connectivity index (χ0v) is 15.0. The van der Waals surface area contributed by atoms with Gasteiger partial charge in [0.25, 0.3) is 5.56 Å². The average molecular weight is 357 g/mol. The Hall–Kier alpha value is -2.61. The number of imidazole rings is 1. The van der Waals surface area contributed by atoms with Crippen LogP contribution in [0.25, 0.3) is 11.2 Å². The van der Waals surface area contributed by atoms with Gasteiger partial charge >= 0.3 is 0 Å². The van der Waals surface area contributed by atoms with Gasteiger partial charge in [0.1, 0.15) is 0 Å². The molecule has 25 heavy (non-hydrogen) atoms. The van der Waals surface area contributed by atoms with Crippen LogP contribution in [0.5, 0.6) is 0 Å². The van der Waals surface area contributed by atoms with E-state index in [0.29, 0.717) is 22.7 Å². The fourth-order valence-corrected chi connectivity index (χ4v) is 3.33. The third kappa shape index (κ3) is 3.58. The maximum atomic E-state index is 12.6. The molecule has 2 aromatic heterocycles. The summed E-state index contributed by atoms with van der Waals surface area (Å²) in [6.07, 6.45) is 2.02.